The summed E-state index contributed by atoms with van der Waals surface area (Å²) in [4.78, 5) is 31.5. The fourth-order valence-electron chi connectivity index (χ4n) is 4.58. The normalized spacial score (nSPS) is 19.1. The maximum absolute atomic E-state index is 13.2. The quantitative estimate of drug-likeness (QED) is 0.431. The molecule has 4 aromatic rings. The fourth-order valence-corrected chi connectivity index (χ4v) is 5.31. The molecule has 6 nitrogen and oxygen atoms in total. The average Bonchev–Trinajstić information content (AvgIpc) is 3.43. The first kappa shape index (κ1) is 18.5. The average molecular weight is 430 g/mol. The van der Waals surface area contributed by atoms with Gasteiger partial charge < -0.3 is 14.4 Å². The van der Waals surface area contributed by atoms with E-state index in [2.05, 4.69) is 23.6 Å². The van der Waals surface area contributed by atoms with Crippen LogP contribution in [0, 0.1) is 0 Å². The highest BCUT2D eigenvalue weighted by atomic mass is 32.1. The van der Waals surface area contributed by atoms with Gasteiger partial charge in [-0.05, 0) is 47.7 Å². The van der Waals surface area contributed by atoms with Gasteiger partial charge in [0.2, 0.25) is 0 Å². The molecule has 2 aliphatic heterocycles. The van der Waals surface area contributed by atoms with Crippen molar-refractivity contribution in [1.82, 2.24) is 9.55 Å². The summed E-state index contributed by atoms with van der Waals surface area (Å²) < 4.78 is 6.78. The van der Waals surface area contributed by atoms with E-state index >= 15 is 0 Å². The Labute approximate surface area is 181 Å². The second-order valence-electron chi connectivity index (χ2n) is 7.98. The fraction of sp³-hybridized carbons (Fsp3) is 0.208. The van der Waals surface area contributed by atoms with E-state index in [1.807, 2.05) is 18.2 Å². The monoisotopic (exact) mass is 430 g/mol. The molecule has 1 N–H and O–H groups in total. The number of hydrogen-bond acceptors (Lipinski definition) is 6. The number of rotatable bonds is 2. The zero-order valence-corrected chi connectivity index (χ0v) is 17.5. The Morgan fingerprint density at radius 3 is 2.87 bits per heavy atom. The zero-order valence-electron chi connectivity index (χ0n) is 16.7. The van der Waals surface area contributed by atoms with Crippen LogP contribution in [0.3, 0.4) is 0 Å². The lowest BCUT2D eigenvalue weighted by molar-refractivity contribution is -0.172. The number of fused-ring (bicyclic) bond motifs is 5. The summed E-state index contributed by atoms with van der Waals surface area (Å²) in [6.07, 6.45) is 0.130. The maximum atomic E-state index is 13.2. The Hall–Kier alpha value is -3.29. The van der Waals surface area contributed by atoms with E-state index in [9.17, 15) is 14.7 Å². The van der Waals surface area contributed by atoms with Crippen molar-refractivity contribution in [3.05, 3.63) is 74.9 Å². The number of ether oxygens (including phenoxy) is 1. The number of cyclic esters (lactones) is 1. The summed E-state index contributed by atoms with van der Waals surface area (Å²) in [5.41, 5.74) is 2.89. The van der Waals surface area contributed by atoms with E-state index < -0.39 is 11.6 Å². The van der Waals surface area contributed by atoms with Gasteiger partial charge in [0.05, 0.1) is 29.0 Å². The Bertz CT molecular complexity index is 1450. The summed E-state index contributed by atoms with van der Waals surface area (Å²) in [5, 5.41) is 14.0. The first-order valence-electron chi connectivity index (χ1n) is 10.1. The van der Waals surface area contributed by atoms with Crippen molar-refractivity contribution in [3.8, 4) is 21.8 Å². The summed E-state index contributed by atoms with van der Waals surface area (Å²) >= 11 is 1.69. The molecule has 3 aromatic heterocycles. The van der Waals surface area contributed by atoms with Gasteiger partial charge in [0.25, 0.3) is 5.56 Å². The van der Waals surface area contributed by atoms with Crippen LogP contribution >= 0.6 is 11.3 Å². The van der Waals surface area contributed by atoms with Crippen LogP contribution in [-0.4, -0.2) is 20.6 Å². The molecule has 1 aromatic carbocycles. The molecule has 0 radical (unpaired) electrons. The Balaban J connectivity index is 1.55. The highest BCUT2D eigenvalue weighted by molar-refractivity contribution is 7.13. The van der Waals surface area contributed by atoms with E-state index in [4.69, 9.17) is 9.72 Å². The first-order chi connectivity index (χ1) is 15.0. The molecule has 7 heteroatoms. The van der Waals surface area contributed by atoms with Crippen LogP contribution in [0.2, 0.25) is 0 Å². The molecule has 5 heterocycles. The van der Waals surface area contributed by atoms with Crippen molar-refractivity contribution in [2.24, 2.45) is 0 Å². The summed E-state index contributed by atoms with van der Waals surface area (Å²) in [6, 6.07) is 14.1. The number of nitrogens with zero attached hydrogens (tertiary/aromatic N) is 2. The zero-order chi connectivity index (χ0) is 21.3. The molecule has 0 unspecified atom stereocenters. The smallest absolute Gasteiger partial charge is 0.343 e. The van der Waals surface area contributed by atoms with Gasteiger partial charge >= 0.3 is 5.97 Å². The molecule has 0 fully saturated rings. The van der Waals surface area contributed by atoms with E-state index in [0.29, 0.717) is 29.1 Å². The lowest BCUT2D eigenvalue weighted by Crippen LogP contribution is -2.44. The van der Waals surface area contributed by atoms with Gasteiger partial charge in [-0.2, -0.15) is 0 Å². The maximum Gasteiger partial charge on any atom is 0.343 e. The van der Waals surface area contributed by atoms with Gasteiger partial charge in [0.15, 0.2) is 5.60 Å². The van der Waals surface area contributed by atoms with Gasteiger partial charge in [-0.3, -0.25) is 4.79 Å². The van der Waals surface area contributed by atoms with Crippen molar-refractivity contribution >= 4 is 28.2 Å². The van der Waals surface area contributed by atoms with Gasteiger partial charge in [-0.25, -0.2) is 9.78 Å². The first-order valence-corrected chi connectivity index (χ1v) is 11.0. The van der Waals surface area contributed by atoms with Crippen LogP contribution in [0.4, 0.5) is 0 Å². The molecule has 1 atom stereocenters. The highest BCUT2D eigenvalue weighted by Gasteiger charge is 2.45. The largest absolute Gasteiger partial charge is 0.458 e. The van der Waals surface area contributed by atoms with E-state index in [1.54, 1.807) is 28.9 Å². The van der Waals surface area contributed by atoms with Crippen LogP contribution in [-0.2, 0) is 28.3 Å². The van der Waals surface area contributed by atoms with E-state index in [0.717, 1.165) is 22.0 Å². The second-order valence-corrected chi connectivity index (χ2v) is 8.93. The van der Waals surface area contributed by atoms with E-state index in [1.165, 1.54) is 4.88 Å². The molecule has 0 aliphatic carbocycles. The predicted octanol–water partition coefficient (Wildman–Crippen LogP) is 3.81. The summed E-state index contributed by atoms with van der Waals surface area (Å²) in [5.74, 6) is -0.711. The lowest BCUT2D eigenvalue weighted by atomic mass is 9.86. The van der Waals surface area contributed by atoms with E-state index in [-0.39, 0.29) is 18.6 Å². The Kier molecular flexibility index (Phi) is 3.79. The second kappa shape index (κ2) is 6.35. The number of thiophene rings is 1. The lowest BCUT2D eigenvalue weighted by Gasteiger charge is -2.31. The minimum absolute atomic E-state index is 0.120. The summed E-state index contributed by atoms with van der Waals surface area (Å²) in [6.45, 7) is 1.99. The number of benzene rings is 1. The third-order valence-corrected chi connectivity index (χ3v) is 7.23. The van der Waals surface area contributed by atoms with Gasteiger partial charge in [-0.15, -0.1) is 11.3 Å². The molecule has 31 heavy (non-hydrogen) atoms. The number of hydrogen-bond donors (Lipinski definition) is 1. The van der Waals surface area contributed by atoms with Gasteiger partial charge in [0, 0.05) is 21.4 Å². The van der Waals surface area contributed by atoms with Crippen molar-refractivity contribution in [2.75, 3.05) is 0 Å². The molecular formula is C24H18N2O4S. The highest BCUT2D eigenvalue weighted by Crippen LogP contribution is 2.39. The number of esters is 1. The topological polar surface area (TPSA) is 81.4 Å². The number of carbonyl (C=O) groups excluding carboxylic acids is 1. The predicted molar refractivity (Wildman–Crippen MR) is 118 cm³/mol. The number of carbonyl (C=O) groups is 1. The summed E-state index contributed by atoms with van der Waals surface area (Å²) in [7, 11) is 0. The van der Waals surface area contributed by atoms with Crippen molar-refractivity contribution in [3.63, 3.8) is 0 Å². The number of aliphatic hydroxyl groups is 1. The minimum Gasteiger partial charge on any atom is -0.458 e. The Morgan fingerprint density at radius 2 is 2.10 bits per heavy atom. The Morgan fingerprint density at radius 1 is 1.23 bits per heavy atom. The molecule has 0 bridgehead atoms. The molecule has 0 saturated carbocycles. The molecule has 2 aliphatic rings. The molecule has 0 saturated heterocycles. The van der Waals surface area contributed by atoms with Gasteiger partial charge in [0.1, 0.15) is 6.61 Å². The molecular weight excluding hydrogens is 412 g/mol. The third kappa shape index (κ3) is 2.50. The van der Waals surface area contributed by atoms with Crippen LogP contribution < -0.4 is 5.56 Å². The third-order valence-electron chi connectivity index (χ3n) is 6.31. The van der Waals surface area contributed by atoms with Crippen LogP contribution in [0.5, 0.6) is 0 Å². The van der Waals surface area contributed by atoms with Crippen LogP contribution in [0.15, 0.2) is 52.6 Å². The SMILES string of the molecule is CC[C@@]1(O)C(=O)OCc2c1cc1n(c2=O)Cc2cc3cc(-c4cccs4)ccc3nc2-1. The number of pyridine rings is 2. The minimum atomic E-state index is -1.81. The van der Waals surface area contributed by atoms with Crippen molar-refractivity contribution < 1.29 is 14.6 Å². The molecule has 6 rings (SSSR count). The van der Waals surface area contributed by atoms with Gasteiger partial charge in [-0.1, -0.05) is 19.1 Å². The molecule has 0 amide bonds. The standard InChI is InChI=1S/C24H18N2O4S/c1-2-24(29)17-10-19-21-15(11-26(19)22(27)16(17)12-30-23(24)28)9-14-8-13(5-6-18(14)25-21)20-4-3-7-31-20/h3-10,29H,2,11-12H2,1H3/t24-/m0/s1. The van der Waals surface area contributed by atoms with Crippen molar-refractivity contribution in [2.45, 2.75) is 32.1 Å². The number of aromatic nitrogens is 2. The molecule has 0 spiro atoms. The van der Waals surface area contributed by atoms with Crippen LogP contribution in [0.1, 0.15) is 30.0 Å². The van der Waals surface area contributed by atoms with Crippen molar-refractivity contribution in [1.29, 1.82) is 0 Å². The molecule has 154 valence electrons. The van der Waals surface area contributed by atoms with Crippen LogP contribution in [0.25, 0.3) is 32.7 Å².